The van der Waals surface area contributed by atoms with Crippen LogP contribution in [0.1, 0.15) is 59.1 Å². The molecule has 4 unspecified atom stereocenters. The zero-order chi connectivity index (χ0) is 26.7. The molecule has 4 atom stereocenters. The van der Waals surface area contributed by atoms with Crippen LogP contribution in [0, 0.1) is 30.6 Å². The Bertz CT molecular complexity index is 1290. The van der Waals surface area contributed by atoms with Gasteiger partial charge in [0, 0.05) is 48.2 Å². The molecule has 0 bridgehead atoms. The van der Waals surface area contributed by atoms with E-state index in [9.17, 15) is 16.8 Å². The third kappa shape index (κ3) is 8.12. The van der Waals surface area contributed by atoms with E-state index < -0.39 is 20.0 Å². The molecule has 8 nitrogen and oxygen atoms in total. The molecule has 2 fully saturated rings. The Balaban J connectivity index is 0.000000688. The van der Waals surface area contributed by atoms with Crippen molar-refractivity contribution in [3.05, 3.63) is 67.1 Å². The number of rotatable bonds is 5. The maximum Gasteiger partial charge on any atom is 0.243 e. The molecule has 0 aromatic heterocycles. The van der Waals surface area contributed by atoms with Crippen molar-refractivity contribution < 1.29 is 33.3 Å². The van der Waals surface area contributed by atoms with Gasteiger partial charge < -0.3 is 13.2 Å². The largest absolute Gasteiger partial charge is 0.358 e. The number of benzene rings is 2. The molecule has 0 saturated carbocycles. The second-order valence-electron chi connectivity index (χ2n) is 9.73. The van der Waals surface area contributed by atoms with Gasteiger partial charge in [-0.05, 0) is 80.5 Å². The minimum Gasteiger partial charge on any atom is -0.358 e. The van der Waals surface area contributed by atoms with Crippen molar-refractivity contribution in [1.29, 1.82) is 5.26 Å². The Morgan fingerprint density at radius 2 is 1.15 bits per heavy atom. The van der Waals surface area contributed by atoms with E-state index in [1.54, 1.807) is 32.9 Å². The van der Waals surface area contributed by atoms with Gasteiger partial charge in [-0.2, -0.15) is 13.9 Å². The molecule has 0 spiro atoms. The summed E-state index contributed by atoms with van der Waals surface area (Å²) in [5, 5.41) is 8.71. The number of hydrogen-bond acceptors (Lipinski definition) is 6. The fourth-order valence-electron chi connectivity index (χ4n) is 4.57. The average molecular weight is 623 g/mol. The minimum absolute atomic E-state index is 0. The topological polar surface area (TPSA) is 125 Å². The first-order valence-electron chi connectivity index (χ1n) is 12.3. The summed E-state index contributed by atoms with van der Waals surface area (Å²) in [6, 6.07) is 15.0. The molecule has 0 aliphatic carbocycles. The predicted molar refractivity (Wildman–Crippen MR) is 153 cm³/mol. The molecule has 2 aliphatic heterocycles. The van der Waals surface area contributed by atoms with Gasteiger partial charge in [0.25, 0.3) is 0 Å². The van der Waals surface area contributed by atoms with Gasteiger partial charge in [-0.3, -0.25) is 0 Å². The van der Waals surface area contributed by atoms with E-state index in [2.05, 4.69) is 13.8 Å². The van der Waals surface area contributed by atoms with Crippen LogP contribution in [0.15, 0.2) is 58.3 Å². The van der Waals surface area contributed by atoms with E-state index in [1.807, 2.05) is 19.9 Å². The molecule has 2 aliphatic rings. The van der Waals surface area contributed by atoms with Crippen molar-refractivity contribution in [2.45, 2.75) is 76.4 Å². The molecule has 11 heteroatoms. The summed E-state index contributed by atoms with van der Waals surface area (Å²) in [5.74, 6) is 0.807. The minimum atomic E-state index is -3.42. The number of hydrogen-bond donors (Lipinski definition) is 1. The van der Waals surface area contributed by atoms with Crippen LogP contribution in [0.5, 0.6) is 0 Å². The van der Waals surface area contributed by atoms with E-state index >= 15 is 0 Å². The van der Waals surface area contributed by atoms with Gasteiger partial charge >= 0.3 is 0 Å². The Hall–Kier alpha value is -1.80. The number of nitrogens with zero attached hydrogens (tertiary/aromatic N) is 3. The van der Waals surface area contributed by atoms with Crippen molar-refractivity contribution in [2.24, 2.45) is 17.6 Å². The summed E-state index contributed by atoms with van der Waals surface area (Å²) in [6.07, 6.45) is 1.83. The zero-order valence-corrected chi connectivity index (χ0v) is 25.3. The van der Waals surface area contributed by atoms with E-state index in [-0.39, 0.29) is 48.3 Å². The summed E-state index contributed by atoms with van der Waals surface area (Å²) in [5.41, 5.74) is 6.92. The smallest absolute Gasteiger partial charge is 0.243 e. The van der Waals surface area contributed by atoms with Crippen LogP contribution in [0.25, 0.3) is 0 Å². The molecule has 2 saturated heterocycles. The van der Waals surface area contributed by atoms with E-state index in [4.69, 9.17) is 11.0 Å². The molecule has 222 valence electrons. The molecule has 2 N–H and O–H groups in total. The standard InChI is InChI=1S/C13H20N2O2S.C13H16N2O2S.CH4.CH3.Ni/c2*1-10-7-8-15(11(10)2)18(16,17)13-5-3-12(9-14)4-6-13;;;/h3-6,10-11H,7-9,14H2,1-2H3;3-6,10-11H,7-8H2,1-2H3;1H4;1H3;/q;;;-1;. The van der Waals surface area contributed by atoms with Crippen LogP contribution < -0.4 is 5.73 Å². The molecule has 2 heterocycles. The van der Waals surface area contributed by atoms with Crippen molar-refractivity contribution in [3.8, 4) is 6.07 Å². The Morgan fingerprint density at radius 1 is 0.795 bits per heavy atom. The van der Waals surface area contributed by atoms with Gasteiger partial charge in [-0.1, -0.05) is 33.4 Å². The average Bonchev–Trinajstić information content (AvgIpc) is 3.40. The second kappa shape index (κ2) is 15.3. The normalized spacial score (nSPS) is 23.3. The molecule has 0 radical (unpaired) electrons. The van der Waals surface area contributed by atoms with Crippen LogP contribution in [0.4, 0.5) is 0 Å². The second-order valence-corrected chi connectivity index (χ2v) is 13.5. The summed E-state index contributed by atoms with van der Waals surface area (Å²) in [4.78, 5) is 0.628. The molecule has 4 rings (SSSR count). The first kappa shape index (κ1) is 37.2. The van der Waals surface area contributed by atoms with Crippen molar-refractivity contribution in [2.75, 3.05) is 13.1 Å². The quantitative estimate of drug-likeness (QED) is 0.383. The molecule has 39 heavy (non-hydrogen) atoms. The summed E-state index contributed by atoms with van der Waals surface area (Å²) in [7, 11) is -6.78. The maximum absolute atomic E-state index is 12.5. The van der Waals surface area contributed by atoms with Gasteiger partial charge in [-0.15, -0.1) is 0 Å². The van der Waals surface area contributed by atoms with Crippen LogP contribution >= 0.6 is 0 Å². The zero-order valence-electron chi connectivity index (χ0n) is 22.6. The molecular weight excluding hydrogens is 579 g/mol. The van der Waals surface area contributed by atoms with Crippen LogP contribution in [-0.4, -0.2) is 50.6 Å². The fourth-order valence-corrected chi connectivity index (χ4v) is 8.05. The first-order chi connectivity index (χ1) is 16.9. The predicted octanol–water partition coefficient (Wildman–Crippen LogP) is 4.63. The third-order valence-corrected chi connectivity index (χ3v) is 11.5. The Morgan fingerprint density at radius 3 is 1.44 bits per heavy atom. The van der Waals surface area contributed by atoms with Gasteiger partial charge in [0.1, 0.15) is 0 Å². The van der Waals surface area contributed by atoms with Crippen LogP contribution in [0.3, 0.4) is 0 Å². The number of nitrogens with two attached hydrogens (primary N) is 1. The maximum atomic E-state index is 12.5. The van der Waals surface area contributed by atoms with E-state index in [1.165, 1.54) is 24.3 Å². The van der Waals surface area contributed by atoms with Gasteiger partial charge in [0.2, 0.25) is 20.0 Å². The fraction of sp³-hybridized carbons (Fsp3) is 0.500. The van der Waals surface area contributed by atoms with Crippen LogP contribution in [0.2, 0.25) is 0 Å². The van der Waals surface area contributed by atoms with Crippen LogP contribution in [-0.2, 0) is 43.1 Å². The monoisotopic (exact) mass is 621 g/mol. The van der Waals surface area contributed by atoms with Crippen molar-refractivity contribution >= 4 is 20.0 Å². The third-order valence-electron chi connectivity index (χ3n) is 7.52. The number of nitriles is 1. The van der Waals surface area contributed by atoms with Crippen molar-refractivity contribution in [1.82, 2.24) is 8.61 Å². The molecule has 2 aromatic rings. The Kier molecular flexibility index (Phi) is 14.6. The van der Waals surface area contributed by atoms with Crippen molar-refractivity contribution in [3.63, 3.8) is 0 Å². The van der Waals surface area contributed by atoms with Gasteiger partial charge in [0.05, 0.1) is 21.4 Å². The Labute approximate surface area is 246 Å². The van der Waals surface area contributed by atoms with Gasteiger partial charge in [0.15, 0.2) is 0 Å². The summed E-state index contributed by atoms with van der Waals surface area (Å²) >= 11 is 0. The first-order valence-corrected chi connectivity index (χ1v) is 15.1. The van der Waals surface area contributed by atoms with E-state index in [0.717, 1.165) is 18.4 Å². The SMILES string of the molecule is C.CC1CCN(S(=O)(=O)c2ccc(C#N)cc2)C1C.CC1CCN(S(=O)(=O)c2ccc(CN)cc2)C1C.[CH3-].[Ni]. The molecule has 0 amide bonds. The number of sulfonamides is 2. The molecular formula is C28H43N4NiO4S2-. The molecule has 2 aromatic carbocycles. The van der Waals surface area contributed by atoms with E-state index in [0.29, 0.717) is 41.9 Å². The summed E-state index contributed by atoms with van der Waals surface area (Å²) < 4.78 is 53.0. The van der Waals surface area contributed by atoms with Gasteiger partial charge in [-0.25, -0.2) is 16.8 Å². The summed E-state index contributed by atoms with van der Waals surface area (Å²) in [6.45, 7) is 9.70.